The Kier molecular flexibility index (Phi) is 5.72. The Hall–Kier alpha value is -4.01. The number of fused-ring (bicyclic) bond motifs is 1. The van der Waals surface area contributed by atoms with Crippen molar-refractivity contribution in [1.82, 2.24) is 18.9 Å². The molecule has 0 radical (unpaired) electrons. The maximum Gasteiger partial charge on any atom is 0.332 e. The van der Waals surface area contributed by atoms with Crippen LogP contribution in [0.1, 0.15) is 18.1 Å². The van der Waals surface area contributed by atoms with Crippen molar-refractivity contribution in [3.8, 4) is 0 Å². The highest BCUT2D eigenvalue weighted by Gasteiger charge is 2.19. The lowest BCUT2D eigenvalue weighted by Gasteiger charge is -2.12. The molecule has 0 aliphatic heterocycles. The number of benzene rings is 2. The number of nitrogens with zero attached hydrogens (tertiary/aromatic N) is 4. The van der Waals surface area contributed by atoms with E-state index in [4.69, 9.17) is 0 Å². The van der Waals surface area contributed by atoms with Gasteiger partial charge in [-0.2, -0.15) is 5.10 Å². The van der Waals surface area contributed by atoms with Gasteiger partial charge in [-0.15, -0.1) is 0 Å². The monoisotopic (exact) mass is 435 g/mol. The largest absolute Gasteiger partial charge is 0.332 e. The van der Waals surface area contributed by atoms with E-state index in [0.717, 1.165) is 10.1 Å². The highest BCUT2D eigenvalue weighted by Crippen LogP contribution is 2.14. The second-order valence-electron chi connectivity index (χ2n) is 7.48. The number of hydrogen-bond acceptors (Lipinski definition) is 4. The molecule has 0 saturated heterocycles. The van der Waals surface area contributed by atoms with Gasteiger partial charge >= 0.3 is 5.69 Å². The van der Waals surface area contributed by atoms with Crippen molar-refractivity contribution in [3.63, 3.8) is 0 Å². The van der Waals surface area contributed by atoms with Crippen LogP contribution in [0.15, 0.2) is 64.3 Å². The van der Waals surface area contributed by atoms with E-state index in [9.17, 15) is 18.8 Å². The standard InChI is InChI=1S/C23H22FN5O3/c1-3-27-13-19-21(26-27)22(31)29(12-16-7-5-4-6-8-16)23(32)28(19)14-20(30)25-17-10-9-15(2)18(24)11-17/h4-11,13H,3,12,14H2,1-2H3,(H,25,30). The number of carbonyl (C=O) groups is 1. The predicted octanol–water partition coefficient (Wildman–Crippen LogP) is 2.51. The fraction of sp³-hybridized carbons (Fsp3) is 0.217. The molecule has 2 aromatic carbocycles. The summed E-state index contributed by atoms with van der Waals surface area (Å²) >= 11 is 0. The first-order chi connectivity index (χ1) is 15.4. The van der Waals surface area contributed by atoms with Crippen LogP contribution in [0.25, 0.3) is 11.0 Å². The fourth-order valence-electron chi connectivity index (χ4n) is 3.46. The molecule has 2 aromatic heterocycles. The molecule has 0 unspecified atom stereocenters. The Balaban J connectivity index is 1.75. The summed E-state index contributed by atoms with van der Waals surface area (Å²) in [4.78, 5) is 39.0. The zero-order chi connectivity index (χ0) is 22.8. The summed E-state index contributed by atoms with van der Waals surface area (Å²) in [5, 5.41) is 6.89. The van der Waals surface area contributed by atoms with Crippen molar-refractivity contribution in [2.75, 3.05) is 5.32 Å². The molecule has 0 fully saturated rings. The lowest BCUT2D eigenvalue weighted by Crippen LogP contribution is -2.41. The number of aryl methyl sites for hydroxylation is 2. The number of rotatable bonds is 6. The summed E-state index contributed by atoms with van der Waals surface area (Å²) in [5.74, 6) is -0.964. The van der Waals surface area contributed by atoms with Gasteiger partial charge < -0.3 is 5.32 Å². The van der Waals surface area contributed by atoms with E-state index in [0.29, 0.717) is 12.1 Å². The summed E-state index contributed by atoms with van der Waals surface area (Å²) in [7, 11) is 0. The van der Waals surface area contributed by atoms with Crippen molar-refractivity contribution in [1.29, 1.82) is 0 Å². The first-order valence-electron chi connectivity index (χ1n) is 10.2. The molecular weight excluding hydrogens is 413 g/mol. The van der Waals surface area contributed by atoms with Crippen molar-refractivity contribution in [2.45, 2.75) is 33.5 Å². The SMILES string of the molecule is CCn1cc2c(n1)c(=O)n(Cc1ccccc1)c(=O)n2CC(=O)Nc1ccc(C)c(F)c1. The number of amides is 1. The molecule has 1 amide bonds. The smallest absolute Gasteiger partial charge is 0.324 e. The molecule has 0 spiro atoms. The second kappa shape index (κ2) is 8.62. The van der Waals surface area contributed by atoms with Gasteiger partial charge in [0.05, 0.1) is 12.1 Å². The molecule has 8 nitrogen and oxygen atoms in total. The molecule has 9 heteroatoms. The third kappa shape index (κ3) is 4.09. The summed E-state index contributed by atoms with van der Waals surface area (Å²) in [6.07, 6.45) is 1.57. The average molecular weight is 435 g/mol. The molecule has 0 atom stereocenters. The maximum absolute atomic E-state index is 13.8. The Morgan fingerprint density at radius 2 is 1.84 bits per heavy atom. The van der Waals surface area contributed by atoms with Crippen LogP contribution in [0.3, 0.4) is 0 Å². The first-order valence-corrected chi connectivity index (χ1v) is 10.2. The van der Waals surface area contributed by atoms with E-state index in [1.54, 1.807) is 29.9 Å². The molecule has 0 saturated carbocycles. The van der Waals surface area contributed by atoms with Crippen LogP contribution < -0.4 is 16.6 Å². The minimum absolute atomic E-state index is 0.0538. The van der Waals surface area contributed by atoms with E-state index in [-0.39, 0.29) is 29.8 Å². The van der Waals surface area contributed by atoms with Gasteiger partial charge in [-0.1, -0.05) is 36.4 Å². The molecule has 164 valence electrons. The highest BCUT2D eigenvalue weighted by molar-refractivity contribution is 5.91. The number of halogens is 1. The van der Waals surface area contributed by atoms with Crippen LogP contribution in [-0.4, -0.2) is 24.8 Å². The Morgan fingerprint density at radius 1 is 1.09 bits per heavy atom. The van der Waals surface area contributed by atoms with E-state index in [1.165, 1.54) is 10.6 Å². The van der Waals surface area contributed by atoms with Crippen LogP contribution in [0, 0.1) is 12.7 Å². The van der Waals surface area contributed by atoms with Gasteiger partial charge in [0.2, 0.25) is 5.91 Å². The fourth-order valence-corrected chi connectivity index (χ4v) is 3.46. The summed E-state index contributed by atoms with van der Waals surface area (Å²) in [5.41, 5.74) is 0.760. The number of anilines is 1. The minimum atomic E-state index is -0.618. The third-order valence-corrected chi connectivity index (χ3v) is 5.21. The van der Waals surface area contributed by atoms with Gasteiger partial charge in [0.25, 0.3) is 5.56 Å². The molecule has 0 aliphatic rings. The molecular formula is C23H22FN5O3. The Labute approximate surface area is 182 Å². The van der Waals surface area contributed by atoms with Crippen LogP contribution >= 0.6 is 0 Å². The molecule has 0 bridgehead atoms. The first kappa shape index (κ1) is 21.2. The summed E-state index contributed by atoms with van der Waals surface area (Å²) in [6, 6.07) is 13.5. The van der Waals surface area contributed by atoms with Crippen LogP contribution in [0.4, 0.5) is 10.1 Å². The number of hydrogen-bond donors (Lipinski definition) is 1. The topological polar surface area (TPSA) is 90.9 Å². The molecule has 2 heterocycles. The third-order valence-electron chi connectivity index (χ3n) is 5.21. The molecule has 0 aliphatic carbocycles. The number of carbonyl (C=O) groups excluding carboxylic acids is 1. The van der Waals surface area contributed by atoms with Crippen LogP contribution in [0.2, 0.25) is 0 Å². The zero-order valence-electron chi connectivity index (χ0n) is 17.7. The molecule has 4 rings (SSSR count). The van der Waals surface area contributed by atoms with Crippen molar-refractivity contribution >= 4 is 22.6 Å². The Morgan fingerprint density at radius 3 is 2.53 bits per heavy atom. The lowest BCUT2D eigenvalue weighted by molar-refractivity contribution is -0.116. The van der Waals surface area contributed by atoms with Gasteiger partial charge in [0.1, 0.15) is 12.4 Å². The zero-order valence-corrected chi connectivity index (χ0v) is 17.7. The van der Waals surface area contributed by atoms with Gasteiger partial charge in [-0.05, 0) is 37.1 Å². The van der Waals surface area contributed by atoms with E-state index < -0.39 is 23.0 Å². The van der Waals surface area contributed by atoms with Gasteiger partial charge in [-0.25, -0.2) is 9.18 Å². The van der Waals surface area contributed by atoms with Crippen molar-refractivity contribution in [2.24, 2.45) is 0 Å². The van der Waals surface area contributed by atoms with Gasteiger partial charge in [0.15, 0.2) is 5.52 Å². The van der Waals surface area contributed by atoms with Crippen molar-refractivity contribution in [3.05, 3.63) is 92.5 Å². The normalized spacial score (nSPS) is 11.1. The minimum Gasteiger partial charge on any atom is -0.324 e. The molecule has 1 N–H and O–H groups in total. The van der Waals surface area contributed by atoms with Crippen molar-refractivity contribution < 1.29 is 9.18 Å². The number of aromatic nitrogens is 4. The summed E-state index contributed by atoms with van der Waals surface area (Å²) in [6.45, 7) is 3.68. The average Bonchev–Trinajstić information content (AvgIpc) is 3.22. The Bertz CT molecular complexity index is 1420. The van der Waals surface area contributed by atoms with E-state index in [1.807, 2.05) is 37.3 Å². The van der Waals surface area contributed by atoms with Crippen LogP contribution in [-0.2, 0) is 24.4 Å². The maximum atomic E-state index is 13.8. The van der Waals surface area contributed by atoms with E-state index >= 15 is 0 Å². The quantitative estimate of drug-likeness (QED) is 0.504. The van der Waals surface area contributed by atoms with E-state index in [2.05, 4.69) is 10.4 Å². The van der Waals surface area contributed by atoms with Crippen LogP contribution in [0.5, 0.6) is 0 Å². The predicted molar refractivity (Wildman–Crippen MR) is 119 cm³/mol. The summed E-state index contributed by atoms with van der Waals surface area (Å²) < 4.78 is 17.7. The lowest BCUT2D eigenvalue weighted by atomic mass is 10.2. The molecule has 32 heavy (non-hydrogen) atoms. The second-order valence-corrected chi connectivity index (χ2v) is 7.48. The highest BCUT2D eigenvalue weighted by atomic mass is 19.1. The van der Waals surface area contributed by atoms with Gasteiger partial charge in [0, 0.05) is 18.4 Å². The molecule has 4 aromatic rings. The number of nitrogens with one attached hydrogen (secondary N) is 1. The van der Waals surface area contributed by atoms with Gasteiger partial charge in [-0.3, -0.25) is 23.4 Å².